The molecule has 2 aromatic heterocycles. The fourth-order valence-corrected chi connectivity index (χ4v) is 2.16. The van der Waals surface area contributed by atoms with Crippen LogP contribution in [-0.2, 0) is 0 Å². The summed E-state index contributed by atoms with van der Waals surface area (Å²) < 4.78 is 0. The van der Waals surface area contributed by atoms with Crippen LogP contribution in [0.2, 0.25) is 0 Å². The predicted molar refractivity (Wildman–Crippen MR) is 80.8 cm³/mol. The highest BCUT2D eigenvalue weighted by atomic mass is 16.1. The molecule has 6 nitrogen and oxygen atoms in total. The Bertz CT molecular complexity index is 758. The lowest BCUT2D eigenvalue weighted by atomic mass is 10.1. The molecular formula is C15H17N5O. The summed E-state index contributed by atoms with van der Waals surface area (Å²) in [7, 11) is 0. The Kier molecular flexibility index (Phi) is 3.43. The number of rotatable bonds is 4. The number of carbonyl (C=O) groups excluding carboxylic acids is 1. The zero-order chi connectivity index (χ0) is 14.8. The molecule has 0 aliphatic rings. The molecule has 0 fully saturated rings. The van der Waals surface area contributed by atoms with Gasteiger partial charge in [-0.1, -0.05) is 19.9 Å². The minimum absolute atomic E-state index is 0.153. The van der Waals surface area contributed by atoms with Gasteiger partial charge in [0, 0.05) is 23.7 Å². The van der Waals surface area contributed by atoms with E-state index >= 15 is 0 Å². The lowest BCUT2D eigenvalue weighted by Crippen LogP contribution is -2.27. The molecule has 3 aromatic rings. The Labute approximate surface area is 122 Å². The highest BCUT2D eigenvalue weighted by Crippen LogP contribution is 2.24. The number of aromatic amines is 2. The van der Waals surface area contributed by atoms with Crippen LogP contribution in [0, 0.1) is 5.92 Å². The van der Waals surface area contributed by atoms with Crippen molar-refractivity contribution >= 4 is 16.8 Å². The summed E-state index contributed by atoms with van der Waals surface area (Å²) in [5, 5.41) is 17.5. The lowest BCUT2D eigenvalue weighted by molar-refractivity contribution is 0.0945. The number of nitrogens with one attached hydrogen (secondary N) is 3. The van der Waals surface area contributed by atoms with Crippen molar-refractivity contribution in [2.75, 3.05) is 6.54 Å². The maximum absolute atomic E-state index is 12.2. The maximum Gasteiger partial charge on any atom is 0.272 e. The molecule has 0 saturated carbocycles. The van der Waals surface area contributed by atoms with E-state index in [1.165, 1.54) is 0 Å². The molecule has 108 valence electrons. The van der Waals surface area contributed by atoms with E-state index in [1.54, 1.807) is 6.20 Å². The summed E-state index contributed by atoms with van der Waals surface area (Å²) >= 11 is 0. The van der Waals surface area contributed by atoms with Crippen LogP contribution >= 0.6 is 0 Å². The number of benzene rings is 1. The van der Waals surface area contributed by atoms with Gasteiger partial charge in [-0.05, 0) is 23.6 Å². The number of aromatic nitrogens is 4. The van der Waals surface area contributed by atoms with Crippen molar-refractivity contribution in [1.29, 1.82) is 0 Å². The van der Waals surface area contributed by atoms with Crippen molar-refractivity contribution < 1.29 is 4.79 Å². The van der Waals surface area contributed by atoms with E-state index < -0.39 is 0 Å². The SMILES string of the molecule is CC(C)CNC(=O)c1n[nH]c2ccc(-c3cn[nH]c3)cc12. The number of amides is 1. The van der Waals surface area contributed by atoms with E-state index in [4.69, 9.17) is 0 Å². The number of fused-ring (bicyclic) bond motifs is 1. The quantitative estimate of drug-likeness (QED) is 0.687. The summed E-state index contributed by atoms with van der Waals surface area (Å²) in [4.78, 5) is 12.2. The van der Waals surface area contributed by atoms with Crippen molar-refractivity contribution in [3.05, 3.63) is 36.3 Å². The fourth-order valence-electron chi connectivity index (χ4n) is 2.16. The maximum atomic E-state index is 12.2. The monoisotopic (exact) mass is 283 g/mol. The molecule has 2 heterocycles. The largest absolute Gasteiger partial charge is 0.350 e. The molecule has 0 unspecified atom stereocenters. The zero-order valence-corrected chi connectivity index (χ0v) is 12.0. The normalized spacial score (nSPS) is 11.2. The van der Waals surface area contributed by atoms with Crippen LogP contribution < -0.4 is 5.32 Å². The Balaban J connectivity index is 1.96. The summed E-state index contributed by atoms with van der Waals surface area (Å²) in [5.41, 5.74) is 3.25. The molecule has 3 rings (SSSR count). The van der Waals surface area contributed by atoms with Crippen molar-refractivity contribution in [2.24, 2.45) is 5.92 Å². The molecule has 0 saturated heterocycles. The van der Waals surface area contributed by atoms with E-state index in [1.807, 2.05) is 24.4 Å². The zero-order valence-electron chi connectivity index (χ0n) is 12.0. The van der Waals surface area contributed by atoms with Gasteiger partial charge in [-0.15, -0.1) is 0 Å². The van der Waals surface area contributed by atoms with Crippen LogP contribution in [0.5, 0.6) is 0 Å². The Morgan fingerprint density at radius 3 is 2.90 bits per heavy atom. The second-order valence-corrected chi connectivity index (χ2v) is 5.42. The molecule has 21 heavy (non-hydrogen) atoms. The minimum atomic E-state index is -0.153. The van der Waals surface area contributed by atoms with Gasteiger partial charge in [0.15, 0.2) is 5.69 Å². The number of nitrogens with zero attached hydrogens (tertiary/aromatic N) is 2. The molecule has 1 amide bonds. The van der Waals surface area contributed by atoms with Gasteiger partial charge in [-0.2, -0.15) is 10.2 Å². The second kappa shape index (κ2) is 5.40. The average Bonchev–Trinajstić information content (AvgIpc) is 3.13. The summed E-state index contributed by atoms with van der Waals surface area (Å²) in [6.45, 7) is 4.74. The van der Waals surface area contributed by atoms with Gasteiger partial charge >= 0.3 is 0 Å². The van der Waals surface area contributed by atoms with Crippen LogP contribution in [0.1, 0.15) is 24.3 Å². The molecule has 0 aliphatic carbocycles. The number of hydrogen-bond acceptors (Lipinski definition) is 3. The molecule has 6 heteroatoms. The molecule has 0 atom stereocenters. The third-order valence-electron chi connectivity index (χ3n) is 3.28. The molecule has 0 spiro atoms. The smallest absolute Gasteiger partial charge is 0.272 e. The van der Waals surface area contributed by atoms with Crippen LogP contribution in [0.3, 0.4) is 0 Å². The van der Waals surface area contributed by atoms with Crippen molar-refractivity contribution in [3.8, 4) is 11.1 Å². The standard InChI is InChI=1S/C15H17N5O/c1-9(2)6-16-15(21)14-12-5-10(11-7-17-18-8-11)3-4-13(12)19-20-14/h3-5,7-9H,6H2,1-2H3,(H,16,21)(H,17,18)(H,19,20). The van der Waals surface area contributed by atoms with Crippen LogP contribution in [0.4, 0.5) is 0 Å². The van der Waals surface area contributed by atoms with Crippen LogP contribution in [0.25, 0.3) is 22.0 Å². The van der Waals surface area contributed by atoms with Gasteiger partial charge in [0.25, 0.3) is 5.91 Å². The first-order valence-corrected chi connectivity index (χ1v) is 6.90. The van der Waals surface area contributed by atoms with Gasteiger partial charge in [0.05, 0.1) is 11.7 Å². The molecule has 1 aromatic carbocycles. The number of carbonyl (C=O) groups is 1. The van der Waals surface area contributed by atoms with E-state index in [9.17, 15) is 4.79 Å². The molecule has 3 N–H and O–H groups in total. The first-order chi connectivity index (χ1) is 10.1. The predicted octanol–water partition coefficient (Wildman–Crippen LogP) is 2.34. The Hall–Kier alpha value is -2.63. The van der Waals surface area contributed by atoms with E-state index in [0.717, 1.165) is 22.0 Å². The molecule has 0 aliphatic heterocycles. The molecular weight excluding hydrogens is 266 g/mol. The van der Waals surface area contributed by atoms with Crippen molar-refractivity contribution in [3.63, 3.8) is 0 Å². The van der Waals surface area contributed by atoms with Crippen molar-refractivity contribution in [2.45, 2.75) is 13.8 Å². The molecule has 0 bridgehead atoms. The highest BCUT2D eigenvalue weighted by Gasteiger charge is 2.15. The summed E-state index contributed by atoms with van der Waals surface area (Å²) in [6, 6.07) is 5.85. The third kappa shape index (κ3) is 2.65. The van der Waals surface area contributed by atoms with E-state index in [0.29, 0.717) is 18.2 Å². The van der Waals surface area contributed by atoms with Gasteiger partial charge in [0.1, 0.15) is 0 Å². The average molecular weight is 283 g/mol. The second-order valence-electron chi connectivity index (χ2n) is 5.42. The van der Waals surface area contributed by atoms with Gasteiger partial charge in [-0.25, -0.2) is 0 Å². The number of hydrogen-bond donors (Lipinski definition) is 3. The van der Waals surface area contributed by atoms with Crippen LogP contribution in [0.15, 0.2) is 30.6 Å². The summed E-state index contributed by atoms with van der Waals surface area (Å²) in [5.74, 6) is 0.250. The van der Waals surface area contributed by atoms with E-state index in [2.05, 4.69) is 39.6 Å². The fraction of sp³-hybridized carbons (Fsp3) is 0.267. The topological polar surface area (TPSA) is 86.5 Å². The molecule has 0 radical (unpaired) electrons. The van der Waals surface area contributed by atoms with E-state index in [-0.39, 0.29) is 5.91 Å². The lowest BCUT2D eigenvalue weighted by Gasteiger charge is -2.06. The van der Waals surface area contributed by atoms with Crippen LogP contribution in [-0.4, -0.2) is 32.8 Å². The van der Waals surface area contributed by atoms with Gasteiger partial charge < -0.3 is 5.32 Å². The Morgan fingerprint density at radius 1 is 1.33 bits per heavy atom. The van der Waals surface area contributed by atoms with Gasteiger partial charge in [0.2, 0.25) is 0 Å². The Morgan fingerprint density at radius 2 is 2.19 bits per heavy atom. The third-order valence-corrected chi connectivity index (χ3v) is 3.28. The summed E-state index contributed by atoms with van der Waals surface area (Å²) in [6.07, 6.45) is 3.57. The highest BCUT2D eigenvalue weighted by molar-refractivity contribution is 6.05. The first kappa shape index (κ1) is 13.4. The first-order valence-electron chi connectivity index (χ1n) is 6.90. The van der Waals surface area contributed by atoms with Gasteiger partial charge in [-0.3, -0.25) is 15.0 Å². The minimum Gasteiger partial charge on any atom is -0.350 e. The van der Waals surface area contributed by atoms with Crippen molar-refractivity contribution in [1.82, 2.24) is 25.7 Å². The number of H-pyrrole nitrogens is 2.